The van der Waals surface area contributed by atoms with Gasteiger partial charge in [0.1, 0.15) is 6.04 Å². The zero-order chi connectivity index (χ0) is 17.4. The van der Waals surface area contributed by atoms with Gasteiger partial charge in [-0.25, -0.2) is 0 Å². The van der Waals surface area contributed by atoms with E-state index < -0.39 is 0 Å². The third-order valence-corrected chi connectivity index (χ3v) is 5.62. The van der Waals surface area contributed by atoms with Crippen LogP contribution in [0.2, 0.25) is 0 Å². The third kappa shape index (κ3) is 5.50. The van der Waals surface area contributed by atoms with Crippen molar-refractivity contribution in [1.29, 1.82) is 0 Å². The van der Waals surface area contributed by atoms with Crippen molar-refractivity contribution in [3.8, 4) is 0 Å². The molecule has 0 saturated heterocycles. The molecular formula is C19H33N3OS. The van der Waals surface area contributed by atoms with Crippen LogP contribution in [-0.2, 0) is 4.84 Å². The first-order chi connectivity index (χ1) is 11.7. The van der Waals surface area contributed by atoms with Crippen LogP contribution >= 0.6 is 11.3 Å². The molecule has 0 fully saturated rings. The molecule has 5 heteroatoms. The van der Waals surface area contributed by atoms with Crippen molar-refractivity contribution >= 4 is 11.3 Å². The fourth-order valence-electron chi connectivity index (χ4n) is 3.09. The Morgan fingerprint density at radius 1 is 1.17 bits per heavy atom. The van der Waals surface area contributed by atoms with Crippen molar-refractivity contribution in [3.05, 3.63) is 33.8 Å². The van der Waals surface area contributed by atoms with Crippen LogP contribution in [-0.4, -0.2) is 36.1 Å². The number of hydrogen-bond donors (Lipinski definition) is 1. The Bertz CT molecular complexity index is 506. The van der Waals surface area contributed by atoms with Crippen molar-refractivity contribution < 1.29 is 4.84 Å². The minimum Gasteiger partial charge on any atom is -0.388 e. The summed E-state index contributed by atoms with van der Waals surface area (Å²) in [5.74, 6) is 0.529. The molecule has 0 radical (unpaired) electrons. The summed E-state index contributed by atoms with van der Waals surface area (Å²) in [6.45, 7) is 11.2. The maximum Gasteiger partial charge on any atom is 0.207 e. The Hall–Kier alpha value is -1.04. The monoisotopic (exact) mass is 351 g/mol. The first-order valence-corrected chi connectivity index (χ1v) is 10.2. The number of nitrogens with two attached hydrogens (primary N) is 1. The van der Waals surface area contributed by atoms with Crippen molar-refractivity contribution in [1.82, 2.24) is 9.96 Å². The molecule has 2 rings (SSSR count). The van der Waals surface area contributed by atoms with E-state index >= 15 is 0 Å². The first-order valence-electron chi connectivity index (χ1n) is 9.34. The second-order valence-electron chi connectivity index (χ2n) is 6.62. The van der Waals surface area contributed by atoms with Gasteiger partial charge in [-0.05, 0) is 62.8 Å². The molecule has 0 amide bonds. The van der Waals surface area contributed by atoms with Crippen LogP contribution in [0.4, 0.5) is 0 Å². The number of unbranched alkanes of at least 4 members (excludes halogenated alkanes) is 2. The van der Waals surface area contributed by atoms with Crippen molar-refractivity contribution in [2.75, 3.05) is 26.2 Å². The van der Waals surface area contributed by atoms with Crippen LogP contribution < -0.4 is 5.73 Å². The lowest BCUT2D eigenvalue weighted by Gasteiger charge is -2.25. The average Bonchev–Trinajstić information content (AvgIpc) is 3.14. The number of rotatable bonds is 11. The summed E-state index contributed by atoms with van der Waals surface area (Å²) in [6.07, 6.45) is 8.24. The Kier molecular flexibility index (Phi) is 8.09. The van der Waals surface area contributed by atoms with Gasteiger partial charge in [-0.1, -0.05) is 26.7 Å². The highest BCUT2D eigenvalue weighted by Crippen LogP contribution is 2.34. The second kappa shape index (κ2) is 10.1. The molecule has 136 valence electrons. The molecule has 2 heterocycles. The molecule has 1 atom stereocenters. The topological polar surface area (TPSA) is 41.7 Å². The lowest BCUT2D eigenvalue weighted by atomic mass is 10.1. The van der Waals surface area contributed by atoms with E-state index in [4.69, 9.17) is 10.6 Å². The SMILES string of the molecule is CCCCN(CCCC)CCCN1OC(N)=CC1c1sccc1C. The number of aryl methyl sites for hydroxylation is 1. The van der Waals surface area contributed by atoms with Gasteiger partial charge in [-0.2, -0.15) is 0 Å². The van der Waals surface area contributed by atoms with Crippen molar-refractivity contribution in [2.45, 2.75) is 58.9 Å². The predicted molar refractivity (Wildman–Crippen MR) is 103 cm³/mol. The highest BCUT2D eigenvalue weighted by molar-refractivity contribution is 7.10. The lowest BCUT2D eigenvalue weighted by molar-refractivity contribution is -0.120. The molecule has 24 heavy (non-hydrogen) atoms. The van der Waals surface area contributed by atoms with E-state index in [-0.39, 0.29) is 6.04 Å². The van der Waals surface area contributed by atoms with Gasteiger partial charge in [0.25, 0.3) is 0 Å². The zero-order valence-electron chi connectivity index (χ0n) is 15.5. The summed E-state index contributed by atoms with van der Waals surface area (Å²) in [6, 6.07) is 2.34. The molecular weight excluding hydrogens is 318 g/mol. The smallest absolute Gasteiger partial charge is 0.207 e. The standard InChI is InChI=1S/C19H33N3OS/c1-4-6-10-21(11-7-5-2)12-8-13-22-17(15-18(20)23-22)19-16(3)9-14-24-19/h9,14-15,17H,4-8,10-13,20H2,1-3H3. The van der Waals surface area contributed by atoms with Crippen LogP contribution in [0.15, 0.2) is 23.4 Å². The highest BCUT2D eigenvalue weighted by Gasteiger charge is 2.29. The molecule has 0 aliphatic carbocycles. The molecule has 1 aromatic rings. The summed E-state index contributed by atoms with van der Waals surface area (Å²) >= 11 is 1.78. The largest absolute Gasteiger partial charge is 0.388 e. The Morgan fingerprint density at radius 2 is 1.83 bits per heavy atom. The minimum absolute atomic E-state index is 0.171. The average molecular weight is 352 g/mol. The first kappa shape index (κ1) is 19.3. The van der Waals surface area contributed by atoms with Crippen molar-refractivity contribution in [3.63, 3.8) is 0 Å². The number of hydroxylamine groups is 2. The maximum absolute atomic E-state index is 5.93. The van der Waals surface area contributed by atoms with E-state index in [2.05, 4.69) is 37.1 Å². The van der Waals surface area contributed by atoms with Gasteiger partial charge < -0.3 is 15.5 Å². The quantitative estimate of drug-likeness (QED) is 0.640. The van der Waals surface area contributed by atoms with Gasteiger partial charge in [0.2, 0.25) is 5.88 Å². The van der Waals surface area contributed by atoms with E-state index in [0.29, 0.717) is 5.88 Å². The minimum atomic E-state index is 0.171. The molecule has 1 unspecified atom stereocenters. The molecule has 0 spiro atoms. The van der Waals surface area contributed by atoms with E-state index in [1.54, 1.807) is 11.3 Å². The molecule has 0 saturated carbocycles. The van der Waals surface area contributed by atoms with Gasteiger partial charge in [-0.15, -0.1) is 16.4 Å². The summed E-state index contributed by atoms with van der Waals surface area (Å²) in [4.78, 5) is 9.70. The van der Waals surface area contributed by atoms with Crippen LogP contribution in [0.3, 0.4) is 0 Å². The third-order valence-electron chi connectivity index (χ3n) is 4.53. The van der Waals surface area contributed by atoms with Gasteiger partial charge in [0, 0.05) is 17.5 Å². The molecule has 0 aromatic carbocycles. The fraction of sp³-hybridized carbons (Fsp3) is 0.684. The van der Waals surface area contributed by atoms with E-state index in [1.807, 2.05) is 11.1 Å². The molecule has 1 aromatic heterocycles. The predicted octanol–water partition coefficient (Wildman–Crippen LogP) is 4.44. The van der Waals surface area contributed by atoms with E-state index in [9.17, 15) is 0 Å². The summed E-state index contributed by atoms with van der Waals surface area (Å²) in [5, 5.41) is 4.19. The number of thiophene rings is 1. The van der Waals surface area contributed by atoms with E-state index in [0.717, 1.165) is 19.5 Å². The molecule has 0 bridgehead atoms. The van der Waals surface area contributed by atoms with Crippen LogP contribution in [0.25, 0.3) is 0 Å². The summed E-state index contributed by atoms with van der Waals surface area (Å²) in [7, 11) is 0. The van der Waals surface area contributed by atoms with Crippen LogP contribution in [0, 0.1) is 6.92 Å². The van der Waals surface area contributed by atoms with Crippen molar-refractivity contribution in [2.24, 2.45) is 5.73 Å². The Balaban J connectivity index is 1.84. The molecule has 2 N–H and O–H groups in total. The summed E-state index contributed by atoms with van der Waals surface area (Å²) in [5.41, 5.74) is 7.24. The van der Waals surface area contributed by atoms with Gasteiger partial charge in [-0.3, -0.25) is 0 Å². The Labute approximate surface area is 151 Å². The lowest BCUT2D eigenvalue weighted by Crippen LogP contribution is -2.31. The summed E-state index contributed by atoms with van der Waals surface area (Å²) < 4.78 is 0. The number of hydrogen-bond acceptors (Lipinski definition) is 5. The zero-order valence-corrected chi connectivity index (χ0v) is 16.3. The van der Waals surface area contributed by atoms with Gasteiger partial charge in [0.15, 0.2) is 0 Å². The van der Waals surface area contributed by atoms with Crippen LogP contribution in [0.5, 0.6) is 0 Å². The fourth-order valence-corrected chi connectivity index (χ4v) is 4.09. The maximum atomic E-state index is 5.93. The highest BCUT2D eigenvalue weighted by atomic mass is 32.1. The van der Waals surface area contributed by atoms with E-state index in [1.165, 1.54) is 49.2 Å². The number of nitrogens with zero attached hydrogens (tertiary/aromatic N) is 2. The normalized spacial score (nSPS) is 18.2. The van der Waals surface area contributed by atoms with Gasteiger partial charge >= 0.3 is 0 Å². The van der Waals surface area contributed by atoms with Gasteiger partial charge in [0.05, 0.1) is 0 Å². The van der Waals surface area contributed by atoms with Crippen LogP contribution in [0.1, 0.15) is 62.4 Å². The second-order valence-corrected chi connectivity index (χ2v) is 7.56. The molecule has 1 aliphatic rings. The molecule has 4 nitrogen and oxygen atoms in total. The Morgan fingerprint density at radius 3 is 2.42 bits per heavy atom. The molecule has 1 aliphatic heterocycles.